The van der Waals surface area contributed by atoms with Crippen LogP contribution in [0, 0.1) is 0 Å². The monoisotopic (exact) mass is 214 g/mol. The summed E-state index contributed by atoms with van der Waals surface area (Å²) in [5.74, 6) is 0. The lowest BCUT2D eigenvalue weighted by Gasteiger charge is -2.14. The molecule has 2 unspecified atom stereocenters. The van der Waals surface area contributed by atoms with E-state index < -0.39 is 0 Å². The minimum atomic E-state index is -0.252. The lowest BCUT2D eigenvalue weighted by Crippen LogP contribution is -2.28. The second kappa shape index (κ2) is 5.34. The zero-order chi connectivity index (χ0) is 10.6. The van der Waals surface area contributed by atoms with Crippen molar-refractivity contribution >= 4 is 17.0 Å². The van der Waals surface area contributed by atoms with E-state index >= 15 is 0 Å². The molecule has 0 radical (unpaired) electrons. The molecule has 4 heteroatoms. The van der Waals surface area contributed by atoms with Crippen LogP contribution in [-0.4, -0.2) is 17.3 Å². The molecule has 0 aromatic carbocycles. The second-order valence-electron chi connectivity index (χ2n) is 3.67. The summed E-state index contributed by atoms with van der Waals surface area (Å²) in [6.07, 6.45) is 0.517. The van der Waals surface area contributed by atoms with Crippen LogP contribution in [0.3, 0.4) is 0 Å². The number of nitrogen functional groups attached to an aromatic ring is 1. The van der Waals surface area contributed by atoms with Crippen molar-refractivity contribution in [1.29, 1.82) is 0 Å². The summed E-state index contributed by atoms with van der Waals surface area (Å²) in [5, 5.41) is 14.5. The molecule has 0 bridgehead atoms. The van der Waals surface area contributed by atoms with Crippen LogP contribution >= 0.6 is 11.3 Å². The zero-order valence-corrected chi connectivity index (χ0v) is 9.47. The lowest BCUT2D eigenvalue weighted by atomic mass is 10.1. The normalized spacial score (nSPS) is 15.4. The molecule has 0 spiro atoms. The van der Waals surface area contributed by atoms with Crippen LogP contribution in [0.5, 0.6) is 0 Å². The standard InChI is InChI=1S/C10H18N2OS/c1-7(5-8(2)13)12-6-10-9(11)3-4-14-10/h3-4,7-8,12-13H,5-6,11H2,1-2H3. The highest BCUT2D eigenvalue weighted by atomic mass is 32.1. The first-order chi connectivity index (χ1) is 6.59. The molecular weight excluding hydrogens is 196 g/mol. The van der Waals surface area contributed by atoms with Crippen LogP contribution in [0.4, 0.5) is 5.69 Å². The van der Waals surface area contributed by atoms with Crippen LogP contribution in [0.15, 0.2) is 11.4 Å². The Kier molecular flexibility index (Phi) is 4.38. The van der Waals surface area contributed by atoms with Gasteiger partial charge in [0.15, 0.2) is 0 Å². The molecule has 1 rings (SSSR count). The van der Waals surface area contributed by atoms with Gasteiger partial charge in [-0.2, -0.15) is 0 Å². The van der Waals surface area contributed by atoms with Crippen LogP contribution in [0.25, 0.3) is 0 Å². The van der Waals surface area contributed by atoms with Gasteiger partial charge in [-0.15, -0.1) is 11.3 Å². The van der Waals surface area contributed by atoms with E-state index in [2.05, 4.69) is 12.2 Å². The van der Waals surface area contributed by atoms with Crippen molar-refractivity contribution in [3.8, 4) is 0 Å². The van der Waals surface area contributed by atoms with Crippen LogP contribution in [0.2, 0.25) is 0 Å². The molecule has 0 aliphatic carbocycles. The molecule has 14 heavy (non-hydrogen) atoms. The largest absolute Gasteiger partial charge is 0.398 e. The molecule has 1 aromatic rings. The predicted octanol–water partition coefficient (Wildman–Crippen LogP) is 1.58. The summed E-state index contributed by atoms with van der Waals surface area (Å²) in [6.45, 7) is 4.66. The van der Waals surface area contributed by atoms with Crippen molar-refractivity contribution in [2.75, 3.05) is 5.73 Å². The molecule has 2 atom stereocenters. The summed E-state index contributed by atoms with van der Waals surface area (Å²) in [5.41, 5.74) is 6.60. The molecule has 80 valence electrons. The maximum atomic E-state index is 9.17. The SMILES string of the molecule is CC(O)CC(C)NCc1sccc1N. The summed E-state index contributed by atoms with van der Waals surface area (Å²) in [7, 11) is 0. The number of aliphatic hydroxyl groups is 1. The smallest absolute Gasteiger partial charge is 0.0526 e. The summed E-state index contributed by atoms with van der Waals surface area (Å²) >= 11 is 1.66. The van der Waals surface area contributed by atoms with Gasteiger partial charge in [-0.25, -0.2) is 0 Å². The van der Waals surface area contributed by atoms with Gasteiger partial charge in [-0.05, 0) is 31.7 Å². The predicted molar refractivity (Wildman–Crippen MR) is 61.3 cm³/mol. The highest BCUT2D eigenvalue weighted by Gasteiger charge is 2.06. The Hall–Kier alpha value is -0.580. The van der Waals surface area contributed by atoms with E-state index in [-0.39, 0.29) is 6.10 Å². The van der Waals surface area contributed by atoms with E-state index in [0.29, 0.717) is 6.04 Å². The average molecular weight is 214 g/mol. The quantitative estimate of drug-likeness (QED) is 0.697. The maximum absolute atomic E-state index is 9.17. The lowest BCUT2D eigenvalue weighted by molar-refractivity contribution is 0.170. The second-order valence-corrected chi connectivity index (χ2v) is 4.67. The van der Waals surface area contributed by atoms with Crippen molar-refractivity contribution < 1.29 is 5.11 Å². The number of nitrogens with two attached hydrogens (primary N) is 1. The van der Waals surface area contributed by atoms with Crippen molar-refractivity contribution in [3.05, 3.63) is 16.3 Å². The van der Waals surface area contributed by atoms with Crippen molar-refractivity contribution in [2.45, 2.75) is 39.0 Å². The maximum Gasteiger partial charge on any atom is 0.0526 e. The first-order valence-corrected chi connectivity index (χ1v) is 5.71. The first-order valence-electron chi connectivity index (χ1n) is 4.83. The zero-order valence-electron chi connectivity index (χ0n) is 8.66. The fourth-order valence-electron chi connectivity index (χ4n) is 1.36. The molecule has 0 aliphatic rings. The van der Waals surface area contributed by atoms with Gasteiger partial charge in [0, 0.05) is 23.2 Å². The summed E-state index contributed by atoms with van der Waals surface area (Å²) < 4.78 is 0. The molecule has 0 aliphatic heterocycles. The molecule has 3 nitrogen and oxygen atoms in total. The van der Waals surface area contributed by atoms with E-state index in [1.807, 2.05) is 11.4 Å². The highest BCUT2D eigenvalue weighted by Crippen LogP contribution is 2.18. The van der Waals surface area contributed by atoms with Crippen molar-refractivity contribution in [2.24, 2.45) is 0 Å². The summed E-state index contributed by atoms with van der Waals surface area (Å²) in [4.78, 5) is 1.17. The number of anilines is 1. The van der Waals surface area contributed by atoms with Gasteiger partial charge in [0.1, 0.15) is 0 Å². The highest BCUT2D eigenvalue weighted by molar-refractivity contribution is 7.10. The molecule has 0 saturated carbocycles. The van der Waals surface area contributed by atoms with Gasteiger partial charge in [0.2, 0.25) is 0 Å². The number of thiophene rings is 1. The van der Waals surface area contributed by atoms with E-state index in [1.54, 1.807) is 18.3 Å². The Morgan fingerprint density at radius 3 is 2.79 bits per heavy atom. The Balaban J connectivity index is 2.30. The third-order valence-corrected chi connectivity index (χ3v) is 3.02. The van der Waals surface area contributed by atoms with Crippen molar-refractivity contribution in [1.82, 2.24) is 5.32 Å². The van der Waals surface area contributed by atoms with E-state index in [1.165, 1.54) is 4.88 Å². The molecule has 1 aromatic heterocycles. The van der Waals surface area contributed by atoms with Gasteiger partial charge < -0.3 is 16.2 Å². The fourth-order valence-corrected chi connectivity index (χ4v) is 2.11. The van der Waals surface area contributed by atoms with E-state index in [4.69, 9.17) is 5.73 Å². The average Bonchev–Trinajstić information content (AvgIpc) is 2.46. The van der Waals surface area contributed by atoms with Gasteiger partial charge in [-0.3, -0.25) is 0 Å². The number of aliphatic hydroxyl groups excluding tert-OH is 1. The van der Waals surface area contributed by atoms with Crippen LogP contribution in [-0.2, 0) is 6.54 Å². The third-order valence-electron chi connectivity index (χ3n) is 2.09. The molecule has 0 amide bonds. The molecular formula is C10H18N2OS. The first kappa shape index (κ1) is 11.5. The van der Waals surface area contributed by atoms with E-state index in [0.717, 1.165) is 18.7 Å². The number of hydrogen-bond acceptors (Lipinski definition) is 4. The number of hydrogen-bond donors (Lipinski definition) is 3. The fraction of sp³-hybridized carbons (Fsp3) is 0.600. The molecule has 0 saturated heterocycles. The van der Waals surface area contributed by atoms with Crippen LogP contribution < -0.4 is 11.1 Å². The molecule has 1 heterocycles. The van der Waals surface area contributed by atoms with Gasteiger partial charge in [0.05, 0.1) is 6.10 Å². The Labute approximate surface area is 88.9 Å². The van der Waals surface area contributed by atoms with Gasteiger partial charge in [0.25, 0.3) is 0 Å². The third kappa shape index (κ3) is 3.65. The van der Waals surface area contributed by atoms with Crippen LogP contribution in [0.1, 0.15) is 25.1 Å². The molecule has 0 fully saturated rings. The van der Waals surface area contributed by atoms with Gasteiger partial charge >= 0.3 is 0 Å². The minimum Gasteiger partial charge on any atom is -0.398 e. The van der Waals surface area contributed by atoms with Crippen molar-refractivity contribution in [3.63, 3.8) is 0 Å². The molecule has 4 N–H and O–H groups in total. The Morgan fingerprint density at radius 2 is 2.29 bits per heavy atom. The number of rotatable bonds is 5. The Bertz CT molecular complexity index is 273. The number of nitrogens with one attached hydrogen (secondary N) is 1. The topological polar surface area (TPSA) is 58.3 Å². The Morgan fingerprint density at radius 1 is 1.57 bits per heavy atom. The van der Waals surface area contributed by atoms with E-state index in [9.17, 15) is 5.11 Å². The van der Waals surface area contributed by atoms with Gasteiger partial charge in [-0.1, -0.05) is 0 Å². The summed E-state index contributed by atoms with van der Waals surface area (Å²) in [6, 6.07) is 2.23. The minimum absolute atomic E-state index is 0.252.